The van der Waals surface area contributed by atoms with Crippen molar-refractivity contribution in [1.29, 1.82) is 0 Å². The van der Waals surface area contributed by atoms with Crippen LogP contribution in [0.4, 0.5) is 4.79 Å². The number of carbonyl (C=O) groups is 1. The molecule has 1 aromatic heterocycles. The molecule has 1 saturated carbocycles. The first kappa shape index (κ1) is 15.2. The summed E-state index contributed by atoms with van der Waals surface area (Å²) in [5.74, 6) is 1.74. The van der Waals surface area contributed by atoms with Crippen LogP contribution in [0.5, 0.6) is 0 Å². The van der Waals surface area contributed by atoms with Crippen molar-refractivity contribution in [2.45, 2.75) is 52.5 Å². The summed E-state index contributed by atoms with van der Waals surface area (Å²) in [6.45, 7) is 8.51. The molecular weight excluding hydrogens is 280 g/mol. The molecule has 0 radical (unpaired) electrons. The lowest BCUT2D eigenvalue weighted by Crippen LogP contribution is -2.47. The molecule has 7 nitrogen and oxygen atoms in total. The molecule has 1 unspecified atom stereocenters. The molecule has 1 aliphatic carbocycles. The summed E-state index contributed by atoms with van der Waals surface area (Å²) in [5.41, 5.74) is 0.323. The van der Waals surface area contributed by atoms with Crippen LogP contribution >= 0.6 is 0 Å². The minimum Gasteiger partial charge on any atom is -0.328 e. The van der Waals surface area contributed by atoms with Crippen LogP contribution in [0.3, 0.4) is 0 Å². The van der Waals surface area contributed by atoms with E-state index in [9.17, 15) is 4.79 Å². The molecule has 0 spiro atoms. The number of piperidine rings is 1. The fraction of sp³-hybridized carbons (Fsp3) is 0.867. The van der Waals surface area contributed by atoms with Crippen LogP contribution in [-0.2, 0) is 0 Å². The molecule has 2 heterocycles. The van der Waals surface area contributed by atoms with Gasteiger partial charge in [-0.1, -0.05) is 26.0 Å². The van der Waals surface area contributed by atoms with E-state index >= 15 is 0 Å². The Kier molecular flexibility index (Phi) is 4.06. The summed E-state index contributed by atoms with van der Waals surface area (Å²) in [6, 6.07) is -0.0966. The minimum atomic E-state index is -0.105. The second-order valence-electron chi connectivity index (χ2n) is 7.66. The number of aromatic nitrogens is 4. The molecule has 1 aromatic rings. The van der Waals surface area contributed by atoms with Gasteiger partial charge in [0, 0.05) is 13.1 Å². The number of hydrogen-bond acceptors (Lipinski definition) is 4. The largest absolute Gasteiger partial charge is 0.328 e. The van der Waals surface area contributed by atoms with E-state index < -0.39 is 0 Å². The highest BCUT2D eigenvalue weighted by molar-refractivity contribution is 5.74. The van der Waals surface area contributed by atoms with Crippen molar-refractivity contribution in [1.82, 2.24) is 30.8 Å². The second-order valence-corrected chi connectivity index (χ2v) is 7.66. The van der Waals surface area contributed by atoms with E-state index in [2.05, 4.69) is 46.7 Å². The monoisotopic (exact) mass is 306 g/mol. The van der Waals surface area contributed by atoms with E-state index in [1.807, 2.05) is 4.90 Å². The van der Waals surface area contributed by atoms with Gasteiger partial charge >= 0.3 is 6.03 Å². The van der Waals surface area contributed by atoms with Gasteiger partial charge in [0.1, 0.15) is 0 Å². The molecule has 22 heavy (non-hydrogen) atoms. The normalized spacial score (nSPS) is 21.7. The van der Waals surface area contributed by atoms with Gasteiger partial charge in [0.2, 0.25) is 0 Å². The van der Waals surface area contributed by atoms with Gasteiger partial charge in [0.25, 0.3) is 0 Å². The summed E-state index contributed by atoms with van der Waals surface area (Å²) in [5, 5.41) is 17.3. The van der Waals surface area contributed by atoms with Crippen molar-refractivity contribution in [2.75, 3.05) is 13.1 Å². The molecule has 0 aromatic carbocycles. The highest BCUT2D eigenvalue weighted by Crippen LogP contribution is 2.40. The topological polar surface area (TPSA) is 86.8 Å². The zero-order valence-electron chi connectivity index (χ0n) is 13.7. The highest BCUT2D eigenvalue weighted by Gasteiger charge is 2.37. The first-order chi connectivity index (χ1) is 10.4. The summed E-state index contributed by atoms with van der Waals surface area (Å²) in [4.78, 5) is 14.4. The van der Waals surface area contributed by atoms with Crippen LogP contribution in [0.15, 0.2) is 0 Å². The maximum Gasteiger partial charge on any atom is 0.317 e. The third kappa shape index (κ3) is 3.39. The number of tetrazole rings is 1. The number of amides is 2. The number of likely N-dealkylation sites (tertiary alicyclic amines) is 1. The Labute approximate surface area is 131 Å². The maximum atomic E-state index is 12.5. The number of rotatable bonds is 3. The molecule has 2 N–H and O–H groups in total. The highest BCUT2D eigenvalue weighted by atomic mass is 16.2. The van der Waals surface area contributed by atoms with E-state index in [1.54, 1.807) is 0 Å². The second kappa shape index (κ2) is 5.85. The Morgan fingerprint density at radius 2 is 1.95 bits per heavy atom. The number of aromatic amines is 1. The summed E-state index contributed by atoms with van der Waals surface area (Å²) < 4.78 is 0. The average Bonchev–Trinajstić information content (AvgIpc) is 3.18. The first-order valence-corrected chi connectivity index (χ1v) is 8.24. The van der Waals surface area contributed by atoms with Crippen LogP contribution in [0, 0.1) is 17.3 Å². The van der Waals surface area contributed by atoms with E-state index in [0.29, 0.717) is 23.1 Å². The van der Waals surface area contributed by atoms with Crippen molar-refractivity contribution >= 4 is 6.03 Å². The van der Waals surface area contributed by atoms with Crippen LogP contribution in [-0.4, -0.2) is 44.6 Å². The maximum absolute atomic E-state index is 12.5. The van der Waals surface area contributed by atoms with Crippen molar-refractivity contribution < 1.29 is 4.79 Å². The van der Waals surface area contributed by atoms with Crippen molar-refractivity contribution in [2.24, 2.45) is 17.3 Å². The van der Waals surface area contributed by atoms with Gasteiger partial charge in [-0.25, -0.2) is 4.79 Å². The average molecular weight is 306 g/mol. The number of hydrogen-bond donors (Lipinski definition) is 2. The minimum absolute atomic E-state index is 0.00839. The van der Waals surface area contributed by atoms with Crippen LogP contribution in [0.25, 0.3) is 0 Å². The molecule has 1 atom stereocenters. The first-order valence-electron chi connectivity index (χ1n) is 8.24. The van der Waals surface area contributed by atoms with Gasteiger partial charge in [-0.2, -0.15) is 5.21 Å². The van der Waals surface area contributed by atoms with Gasteiger partial charge in [-0.15, -0.1) is 10.2 Å². The molecule has 122 valence electrons. The SMILES string of the molecule is CC(C)(C)C1CCN(C(=O)NC(c2nn[nH]n2)C2CC2)CC1. The molecule has 7 heteroatoms. The lowest BCUT2D eigenvalue weighted by molar-refractivity contribution is 0.120. The number of nitrogens with one attached hydrogen (secondary N) is 2. The van der Waals surface area contributed by atoms with Gasteiger partial charge < -0.3 is 10.2 Å². The third-order valence-corrected chi connectivity index (χ3v) is 5.02. The molecule has 2 fully saturated rings. The van der Waals surface area contributed by atoms with Gasteiger partial charge in [0.15, 0.2) is 5.82 Å². The van der Waals surface area contributed by atoms with Crippen molar-refractivity contribution in [3.05, 3.63) is 5.82 Å². The predicted molar refractivity (Wildman–Crippen MR) is 81.9 cm³/mol. The number of carbonyl (C=O) groups excluding carboxylic acids is 1. The Balaban J connectivity index is 1.56. The van der Waals surface area contributed by atoms with Gasteiger partial charge in [0.05, 0.1) is 6.04 Å². The standard InChI is InChI=1S/C15H26N6O/c1-15(2,3)11-6-8-21(9-7-11)14(22)16-12(10-4-5-10)13-17-19-20-18-13/h10-12H,4-9H2,1-3H3,(H,16,22)(H,17,18,19,20). The molecule has 1 aliphatic heterocycles. The Hall–Kier alpha value is -1.66. The van der Waals surface area contributed by atoms with Crippen molar-refractivity contribution in [3.8, 4) is 0 Å². The Morgan fingerprint density at radius 3 is 2.45 bits per heavy atom. The van der Waals surface area contributed by atoms with Crippen LogP contribution in [0.1, 0.15) is 58.3 Å². The summed E-state index contributed by atoms with van der Waals surface area (Å²) in [7, 11) is 0. The van der Waals surface area contributed by atoms with E-state index in [0.717, 1.165) is 38.8 Å². The van der Waals surface area contributed by atoms with E-state index in [-0.39, 0.29) is 12.1 Å². The molecular formula is C15H26N6O. The number of H-pyrrole nitrogens is 1. The molecule has 1 saturated heterocycles. The molecule has 3 rings (SSSR count). The molecule has 2 amide bonds. The van der Waals surface area contributed by atoms with E-state index in [4.69, 9.17) is 0 Å². The zero-order valence-corrected chi connectivity index (χ0v) is 13.7. The van der Waals surface area contributed by atoms with Crippen molar-refractivity contribution in [3.63, 3.8) is 0 Å². The summed E-state index contributed by atoms with van der Waals surface area (Å²) in [6.07, 6.45) is 4.39. The van der Waals surface area contributed by atoms with Gasteiger partial charge in [-0.3, -0.25) is 0 Å². The number of urea groups is 1. The van der Waals surface area contributed by atoms with E-state index in [1.165, 1.54) is 0 Å². The fourth-order valence-corrected chi connectivity index (χ4v) is 3.30. The lowest BCUT2D eigenvalue weighted by Gasteiger charge is -2.39. The van der Waals surface area contributed by atoms with Crippen LogP contribution in [0.2, 0.25) is 0 Å². The molecule has 2 aliphatic rings. The van der Waals surface area contributed by atoms with Gasteiger partial charge in [-0.05, 0) is 42.9 Å². The Bertz CT molecular complexity index is 497. The zero-order chi connectivity index (χ0) is 15.7. The quantitative estimate of drug-likeness (QED) is 0.895. The third-order valence-electron chi connectivity index (χ3n) is 5.02. The number of nitrogens with zero attached hydrogens (tertiary/aromatic N) is 4. The smallest absolute Gasteiger partial charge is 0.317 e. The lowest BCUT2D eigenvalue weighted by atomic mass is 9.75. The molecule has 0 bridgehead atoms. The fourth-order valence-electron chi connectivity index (χ4n) is 3.30. The van der Waals surface area contributed by atoms with Crippen LogP contribution < -0.4 is 5.32 Å². The predicted octanol–water partition coefficient (Wildman–Crippen LogP) is 2.12. The Morgan fingerprint density at radius 1 is 1.27 bits per heavy atom. The summed E-state index contributed by atoms with van der Waals surface area (Å²) >= 11 is 0.